The number of aliphatic imine (C=N–C) groups is 1. The summed E-state index contributed by atoms with van der Waals surface area (Å²) in [5.41, 5.74) is 3.05. The van der Waals surface area contributed by atoms with Crippen molar-refractivity contribution in [3.05, 3.63) is 64.4 Å². The van der Waals surface area contributed by atoms with E-state index in [4.69, 9.17) is 0 Å². The van der Waals surface area contributed by atoms with Crippen molar-refractivity contribution in [1.29, 1.82) is 0 Å². The number of nitrogens with zero attached hydrogens (tertiary/aromatic N) is 2. The van der Waals surface area contributed by atoms with Gasteiger partial charge in [0, 0.05) is 35.4 Å². The summed E-state index contributed by atoms with van der Waals surface area (Å²) < 4.78 is 2.02. The molecule has 1 aromatic heterocycles. The lowest BCUT2D eigenvalue weighted by atomic mass is 9.93. The van der Waals surface area contributed by atoms with E-state index in [1.54, 1.807) is 6.08 Å². The van der Waals surface area contributed by atoms with Crippen LogP contribution in [-0.2, 0) is 0 Å². The van der Waals surface area contributed by atoms with Crippen LogP contribution in [0.15, 0.2) is 47.0 Å². The Kier molecular flexibility index (Phi) is 10.5. The van der Waals surface area contributed by atoms with Gasteiger partial charge in [0.05, 0.1) is 0 Å². The van der Waals surface area contributed by atoms with Crippen LogP contribution < -0.4 is 10.9 Å². The van der Waals surface area contributed by atoms with Gasteiger partial charge in [-0.1, -0.05) is 84.2 Å². The molecule has 1 aliphatic rings. The summed E-state index contributed by atoms with van der Waals surface area (Å²) >= 11 is 0. The normalized spacial score (nSPS) is 14.2. The van der Waals surface area contributed by atoms with Crippen molar-refractivity contribution in [2.75, 3.05) is 6.54 Å². The van der Waals surface area contributed by atoms with Gasteiger partial charge in [-0.05, 0) is 43.2 Å². The molecule has 0 radical (unpaired) electrons. The Bertz CT molecular complexity index is 994. The van der Waals surface area contributed by atoms with Gasteiger partial charge in [-0.3, -0.25) is 4.79 Å². The third kappa shape index (κ3) is 6.44. The fraction of sp³-hybridized carbons (Fsp3) is 0.500. The highest BCUT2D eigenvalue weighted by atomic mass is 16.1. The van der Waals surface area contributed by atoms with Gasteiger partial charge in [0.25, 0.3) is 5.56 Å². The van der Waals surface area contributed by atoms with E-state index in [-0.39, 0.29) is 11.6 Å². The van der Waals surface area contributed by atoms with Crippen molar-refractivity contribution in [3.63, 3.8) is 0 Å². The number of fused-ring (bicyclic) bond motifs is 1. The largest absolute Gasteiger partial charge is 0.371 e. The molecule has 0 spiro atoms. The monoisotopic (exact) mass is 435 g/mol. The maximum Gasteiger partial charge on any atom is 0.258 e. The van der Waals surface area contributed by atoms with E-state index in [0.29, 0.717) is 5.82 Å². The summed E-state index contributed by atoms with van der Waals surface area (Å²) in [4.78, 5) is 18.0. The maximum atomic E-state index is 13.4. The van der Waals surface area contributed by atoms with Crippen LogP contribution in [-0.4, -0.2) is 17.3 Å². The van der Waals surface area contributed by atoms with Gasteiger partial charge < -0.3 is 9.88 Å². The molecule has 1 N–H and O–H groups in total. The number of pyridine rings is 1. The first kappa shape index (κ1) is 25.6. The van der Waals surface area contributed by atoms with E-state index in [2.05, 4.69) is 44.2 Å². The van der Waals surface area contributed by atoms with E-state index in [9.17, 15) is 4.79 Å². The molecule has 2 aromatic rings. The lowest BCUT2D eigenvalue weighted by molar-refractivity contribution is 0.343. The number of unbranched alkanes of at least 4 members (excludes halogenated alkanes) is 1. The Morgan fingerprint density at radius 1 is 1.19 bits per heavy atom. The Morgan fingerprint density at radius 3 is 2.50 bits per heavy atom. The lowest BCUT2D eigenvalue weighted by Crippen LogP contribution is -2.29. The Hall–Kier alpha value is -2.62. The predicted octanol–water partition coefficient (Wildman–Crippen LogP) is 7.15. The molecular weight excluding hydrogens is 394 g/mol. The molecule has 1 heterocycles. The molecule has 1 fully saturated rings. The molecule has 0 aliphatic heterocycles. The van der Waals surface area contributed by atoms with Crippen molar-refractivity contribution in [1.82, 2.24) is 9.88 Å². The fourth-order valence-corrected chi connectivity index (χ4v) is 4.25. The Labute approximate surface area is 194 Å². The van der Waals surface area contributed by atoms with E-state index in [0.717, 1.165) is 59.8 Å². The highest BCUT2D eigenvalue weighted by Crippen LogP contribution is 2.30. The predicted molar refractivity (Wildman–Crippen MR) is 141 cm³/mol. The van der Waals surface area contributed by atoms with Crippen molar-refractivity contribution < 1.29 is 0 Å². The van der Waals surface area contributed by atoms with Crippen LogP contribution in [0.1, 0.15) is 95.0 Å². The van der Waals surface area contributed by atoms with Crippen LogP contribution in [0.25, 0.3) is 16.8 Å². The number of hydrogen-bond acceptors (Lipinski definition) is 3. The highest BCUT2D eigenvalue weighted by molar-refractivity contribution is 6.01. The Morgan fingerprint density at radius 2 is 1.88 bits per heavy atom. The summed E-state index contributed by atoms with van der Waals surface area (Å²) in [6.45, 7) is 17.2. The molecule has 4 heteroatoms. The van der Waals surface area contributed by atoms with Crippen LogP contribution in [0.5, 0.6) is 0 Å². The molecule has 0 unspecified atom stereocenters. The summed E-state index contributed by atoms with van der Waals surface area (Å²) in [5.74, 6) is 0.657. The molecule has 1 saturated carbocycles. The molecule has 1 aromatic carbocycles. The van der Waals surface area contributed by atoms with Crippen LogP contribution in [0.3, 0.4) is 0 Å². The average Bonchev–Trinajstić information content (AvgIpc) is 2.80. The van der Waals surface area contributed by atoms with Crippen molar-refractivity contribution in [2.45, 2.75) is 85.1 Å². The quantitative estimate of drug-likeness (QED) is 0.353. The first-order valence-corrected chi connectivity index (χ1v) is 12.3. The summed E-state index contributed by atoms with van der Waals surface area (Å²) in [5, 5.41) is 4.94. The third-order valence-electron chi connectivity index (χ3n) is 5.92. The van der Waals surface area contributed by atoms with Crippen molar-refractivity contribution in [3.8, 4) is 0 Å². The number of rotatable bonds is 8. The Balaban J connectivity index is 0.00000114. The third-order valence-corrected chi connectivity index (χ3v) is 5.92. The van der Waals surface area contributed by atoms with Gasteiger partial charge in [-0.15, -0.1) is 0 Å². The zero-order valence-corrected chi connectivity index (χ0v) is 20.5. The standard InChI is InChI=1S/C25H33N3O.C3H8/c1-5-7-15-26-19(4)27-17-24-18(3)28(21-11-9-8-10-12-21)25(29)23-16-20(6-2)13-14-22(23)24;1-3-2/h6,13-14,16-17,21,26H,2,4-5,7-12,15H2,1,3H3;3H2,1-2H3/b27-17-;. The van der Waals surface area contributed by atoms with Crippen LogP contribution in [0.4, 0.5) is 0 Å². The van der Waals surface area contributed by atoms with Crippen LogP contribution in [0.2, 0.25) is 0 Å². The SMILES string of the molecule is C=Cc1ccc2c(/C=N\C(=C)NCCCC)c(C)n(C3CCCCC3)c(=O)c2c1.CCC. The molecule has 32 heavy (non-hydrogen) atoms. The minimum atomic E-state index is 0.102. The first-order chi connectivity index (χ1) is 15.5. The molecule has 0 bridgehead atoms. The number of hydrogen-bond donors (Lipinski definition) is 1. The highest BCUT2D eigenvalue weighted by Gasteiger charge is 2.21. The van der Waals surface area contributed by atoms with Gasteiger partial charge in [0.15, 0.2) is 0 Å². The summed E-state index contributed by atoms with van der Waals surface area (Å²) in [6, 6.07) is 6.24. The molecule has 1 aliphatic carbocycles. The molecular formula is C28H41N3O. The number of nitrogens with one attached hydrogen (secondary N) is 1. The zero-order chi connectivity index (χ0) is 23.5. The zero-order valence-electron chi connectivity index (χ0n) is 20.5. The average molecular weight is 436 g/mol. The minimum Gasteiger partial charge on any atom is -0.371 e. The van der Waals surface area contributed by atoms with Gasteiger partial charge in [0.2, 0.25) is 0 Å². The van der Waals surface area contributed by atoms with Gasteiger partial charge in [-0.2, -0.15) is 0 Å². The van der Waals surface area contributed by atoms with E-state index in [1.165, 1.54) is 25.7 Å². The topological polar surface area (TPSA) is 46.4 Å². The van der Waals surface area contributed by atoms with E-state index in [1.807, 2.05) is 35.9 Å². The molecule has 0 atom stereocenters. The molecule has 0 saturated heterocycles. The molecule has 4 nitrogen and oxygen atoms in total. The number of benzene rings is 1. The van der Waals surface area contributed by atoms with Gasteiger partial charge >= 0.3 is 0 Å². The first-order valence-electron chi connectivity index (χ1n) is 12.3. The minimum absolute atomic E-state index is 0.102. The van der Waals surface area contributed by atoms with Crippen molar-refractivity contribution >= 4 is 23.1 Å². The van der Waals surface area contributed by atoms with Crippen LogP contribution >= 0.6 is 0 Å². The second kappa shape index (κ2) is 13.0. The fourth-order valence-electron chi connectivity index (χ4n) is 4.25. The van der Waals surface area contributed by atoms with Gasteiger partial charge in [0.1, 0.15) is 5.82 Å². The second-order valence-electron chi connectivity index (χ2n) is 8.67. The summed E-state index contributed by atoms with van der Waals surface area (Å²) in [7, 11) is 0. The van der Waals surface area contributed by atoms with Gasteiger partial charge in [-0.25, -0.2) is 4.99 Å². The number of aromatic nitrogens is 1. The smallest absolute Gasteiger partial charge is 0.258 e. The summed E-state index contributed by atoms with van der Waals surface area (Å²) in [6.07, 6.45) is 12.9. The molecule has 174 valence electrons. The molecule has 0 amide bonds. The lowest BCUT2D eigenvalue weighted by Gasteiger charge is -2.27. The van der Waals surface area contributed by atoms with E-state index >= 15 is 0 Å². The van der Waals surface area contributed by atoms with Crippen LogP contribution in [0, 0.1) is 6.92 Å². The maximum absolute atomic E-state index is 13.4. The van der Waals surface area contributed by atoms with Crippen molar-refractivity contribution in [2.24, 2.45) is 4.99 Å². The second-order valence-corrected chi connectivity index (χ2v) is 8.67. The van der Waals surface area contributed by atoms with E-state index < -0.39 is 0 Å². The molecule has 3 rings (SSSR count).